The standard InChI is InChI=1S/C32H23FN6O2/c1-40-23-8-20(7-22(33)10-23)27-15-35-16-30-25(27)11-29(37-30)32-26-12-28(36-17-31(26)38-39-32)21-9-24(14-34-13-21)41-18-19-5-3-2-4-6-19/h2-17,37H,18H2,1H3,(H,38,39). The maximum Gasteiger partial charge on any atom is 0.138 e. The third-order valence-corrected chi connectivity index (χ3v) is 6.92. The van der Waals surface area contributed by atoms with E-state index in [-0.39, 0.29) is 5.82 Å². The number of halogens is 1. The summed E-state index contributed by atoms with van der Waals surface area (Å²) >= 11 is 0. The van der Waals surface area contributed by atoms with E-state index in [4.69, 9.17) is 9.47 Å². The Bertz CT molecular complexity index is 2020. The number of methoxy groups -OCH3 is 1. The molecule has 0 spiro atoms. The van der Waals surface area contributed by atoms with Crippen molar-refractivity contribution in [1.82, 2.24) is 30.1 Å². The normalized spacial score (nSPS) is 11.3. The zero-order valence-electron chi connectivity index (χ0n) is 21.9. The van der Waals surface area contributed by atoms with Crippen LogP contribution in [0.2, 0.25) is 0 Å². The van der Waals surface area contributed by atoms with Crippen LogP contribution in [0.4, 0.5) is 4.39 Å². The molecule has 0 bridgehead atoms. The van der Waals surface area contributed by atoms with E-state index in [1.165, 1.54) is 19.2 Å². The molecular weight excluding hydrogens is 519 g/mol. The minimum Gasteiger partial charge on any atom is -0.497 e. The van der Waals surface area contributed by atoms with E-state index in [1.807, 2.05) is 48.5 Å². The molecular formula is C32H23FN6O2. The molecule has 7 aromatic rings. The highest BCUT2D eigenvalue weighted by atomic mass is 19.1. The molecule has 41 heavy (non-hydrogen) atoms. The Morgan fingerprint density at radius 2 is 1.63 bits per heavy atom. The lowest BCUT2D eigenvalue weighted by atomic mass is 10.0. The topological polar surface area (TPSA) is 102 Å². The average molecular weight is 543 g/mol. The minimum atomic E-state index is -0.380. The van der Waals surface area contributed by atoms with Crippen LogP contribution in [0.25, 0.3) is 55.6 Å². The predicted octanol–water partition coefficient (Wildman–Crippen LogP) is 6.96. The number of pyridine rings is 3. The molecule has 0 saturated heterocycles. The van der Waals surface area contributed by atoms with Gasteiger partial charge in [0, 0.05) is 40.4 Å². The van der Waals surface area contributed by atoms with Crippen LogP contribution in [-0.4, -0.2) is 37.2 Å². The van der Waals surface area contributed by atoms with E-state index in [0.29, 0.717) is 23.7 Å². The molecule has 0 aliphatic heterocycles. The molecule has 7 rings (SSSR count). The molecule has 0 atom stereocenters. The minimum absolute atomic E-state index is 0.380. The monoisotopic (exact) mass is 542 g/mol. The number of hydrogen-bond donors (Lipinski definition) is 2. The van der Waals surface area contributed by atoms with Crippen molar-refractivity contribution in [2.45, 2.75) is 6.61 Å². The molecule has 200 valence electrons. The summed E-state index contributed by atoms with van der Waals surface area (Å²) in [6, 6.07) is 20.5. The maximum absolute atomic E-state index is 14.3. The lowest BCUT2D eigenvalue weighted by Crippen LogP contribution is -1.96. The van der Waals surface area contributed by atoms with Gasteiger partial charge in [0.05, 0.1) is 48.1 Å². The van der Waals surface area contributed by atoms with Crippen LogP contribution in [0.5, 0.6) is 11.5 Å². The lowest BCUT2D eigenvalue weighted by Gasteiger charge is -2.08. The summed E-state index contributed by atoms with van der Waals surface area (Å²) in [5.41, 5.74) is 7.21. The van der Waals surface area contributed by atoms with Crippen LogP contribution in [0.1, 0.15) is 5.56 Å². The Labute approximate surface area is 233 Å². The van der Waals surface area contributed by atoms with E-state index >= 15 is 0 Å². The van der Waals surface area contributed by atoms with Gasteiger partial charge in [0.2, 0.25) is 0 Å². The fourth-order valence-corrected chi connectivity index (χ4v) is 4.90. The van der Waals surface area contributed by atoms with E-state index in [2.05, 4.69) is 30.1 Å². The number of nitrogens with one attached hydrogen (secondary N) is 2. The smallest absolute Gasteiger partial charge is 0.138 e. The molecule has 0 aliphatic carbocycles. The Morgan fingerprint density at radius 3 is 2.51 bits per heavy atom. The second-order valence-corrected chi connectivity index (χ2v) is 9.58. The lowest BCUT2D eigenvalue weighted by molar-refractivity contribution is 0.305. The van der Waals surface area contributed by atoms with Gasteiger partial charge in [0.1, 0.15) is 29.6 Å². The van der Waals surface area contributed by atoms with Gasteiger partial charge < -0.3 is 14.5 Å². The first-order valence-electron chi connectivity index (χ1n) is 12.9. The van der Waals surface area contributed by atoms with Gasteiger partial charge in [0.15, 0.2) is 0 Å². The summed E-state index contributed by atoms with van der Waals surface area (Å²) in [4.78, 5) is 16.8. The van der Waals surface area contributed by atoms with Gasteiger partial charge in [-0.25, -0.2) is 4.39 Å². The van der Waals surface area contributed by atoms with Crippen molar-refractivity contribution in [2.24, 2.45) is 0 Å². The van der Waals surface area contributed by atoms with Crippen LogP contribution in [0.15, 0.2) is 97.7 Å². The van der Waals surface area contributed by atoms with E-state index in [0.717, 1.165) is 55.6 Å². The number of rotatable bonds is 7. The summed E-state index contributed by atoms with van der Waals surface area (Å²) in [6.07, 6.45) is 8.68. The molecule has 0 unspecified atom stereocenters. The molecule has 0 saturated carbocycles. The van der Waals surface area contributed by atoms with Crippen molar-refractivity contribution < 1.29 is 13.9 Å². The molecule has 0 amide bonds. The van der Waals surface area contributed by atoms with Crippen molar-refractivity contribution in [1.29, 1.82) is 0 Å². The van der Waals surface area contributed by atoms with Gasteiger partial charge in [-0.1, -0.05) is 30.3 Å². The van der Waals surface area contributed by atoms with Gasteiger partial charge >= 0.3 is 0 Å². The zero-order chi connectivity index (χ0) is 27.8. The number of aromatic nitrogens is 6. The first-order valence-corrected chi connectivity index (χ1v) is 12.9. The molecule has 5 aromatic heterocycles. The molecule has 2 N–H and O–H groups in total. The zero-order valence-corrected chi connectivity index (χ0v) is 21.9. The van der Waals surface area contributed by atoms with Crippen LogP contribution in [0.3, 0.4) is 0 Å². The van der Waals surface area contributed by atoms with Crippen LogP contribution >= 0.6 is 0 Å². The van der Waals surface area contributed by atoms with E-state index in [1.54, 1.807) is 37.1 Å². The third kappa shape index (κ3) is 4.74. The van der Waals surface area contributed by atoms with Gasteiger partial charge in [0.25, 0.3) is 0 Å². The summed E-state index contributed by atoms with van der Waals surface area (Å²) in [6.45, 7) is 0.448. The summed E-state index contributed by atoms with van der Waals surface area (Å²) in [5.74, 6) is 0.717. The molecule has 0 fully saturated rings. The highest BCUT2D eigenvalue weighted by Crippen LogP contribution is 2.35. The van der Waals surface area contributed by atoms with Crippen molar-refractivity contribution in [3.8, 4) is 45.3 Å². The fourth-order valence-electron chi connectivity index (χ4n) is 4.90. The van der Waals surface area contributed by atoms with E-state index < -0.39 is 0 Å². The van der Waals surface area contributed by atoms with Crippen molar-refractivity contribution in [2.75, 3.05) is 7.11 Å². The molecule has 0 radical (unpaired) electrons. The number of fused-ring (bicyclic) bond motifs is 2. The number of benzene rings is 2. The van der Waals surface area contributed by atoms with E-state index in [9.17, 15) is 4.39 Å². The Morgan fingerprint density at radius 1 is 0.780 bits per heavy atom. The summed E-state index contributed by atoms with van der Waals surface area (Å²) in [5, 5.41) is 9.43. The molecule has 8 nitrogen and oxygen atoms in total. The van der Waals surface area contributed by atoms with Crippen molar-refractivity contribution in [3.63, 3.8) is 0 Å². The number of nitrogens with zero attached hydrogens (tertiary/aromatic N) is 4. The maximum atomic E-state index is 14.3. The van der Waals surface area contributed by atoms with Crippen LogP contribution in [-0.2, 0) is 6.61 Å². The van der Waals surface area contributed by atoms with Crippen LogP contribution in [0, 0.1) is 5.82 Å². The average Bonchev–Trinajstić information content (AvgIpc) is 3.64. The molecule has 9 heteroatoms. The fraction of sp³-hybridized carbons (Fsp3) is 0.0625. The molecule has 0 aliphatic rings. The quantitative estimate of drug-likeness (QED) is 0.226. The van der Waals surface area contributed by atoms with Gasteiger partial charge in [-0.2, -0.15) is 5.10 Å². The largest absolute Gasteiger partial charge is 0.497 e. The highest BCUT2D eigenvalue weighted by molar-refractivity contribution is 6.01. The first kappa shape index (κ1) is 24.5. The highest BCUT2D eigenvalue weighted by Gasteiger charge is 2.16. The van der Waals surface area contributed by atoms with Gasteiger partial charge in [-0.3, -0.25) is 20.1 Å². The number of ether oxygens (including phenoxy) is 2. The predicted molar refractivity (Wildman–Crippen MR) is 155 cm³/mol. The van der Waals surface area contributed by atoms with Crippen LogP contribution < -0.4 is 9.47 Å². The number of aromatic amines is 2. The molecule has 5 heterocycles. The summed E-state index contributed by atoms with van der Waals surface area (Å²) < 4.78 is 25.5. The van der Waals surface area contributed by atoms with Crippen molar-refractivity contribution >= 4 is 21.8 Å². The third-order valence-electron chi connectivity index (χ3n) is 6.92. The van der Waals surface area contributed by atoms with Crippen molar-refractivity contribution in [3.05, 3.63) is 109 Å². The Hall–Kier alpha value is -5.57. The Kier molecular flexibility index (Phi) is 6.09. The number of hydrogen-bond acceptors (Lipinski definition) is 6. The summed E-state index contributed by atoms with van der Waals surface area (Å²) in [7, 11) is 1.52. The number of H-pyrrole nitrogens is 2. The second kappa shape index (κ2) is 10.2. The van der Waals surface area contributed by atoms with Gasteiger partial charge in [-0.05, 0) is 41.5 Å². The SMILES string of the molecule is COc1cc(F)cc(-c2cncc3[nH]c(-c4n[nH]c5cnc(-c6cncc(OCc7ccccc7)c6)cc45)cc23)c1. The second-order valence-electron chi connectivity index (χ2n) is 9.58. The Balaban J connectivity index is 1.24. The van der Waals surface area contributed by atoms with Gasteiger partial charge in [-0.15, -0.1) is 0 Å². The molecule has 2 aromatic carbocycles. The first-order chi connectivity index (χ1) is 20.1.